The van der Waals surface area contributed by atoms with Gasteiger partial charge in [-0.25, -0.2) is 0 Å². The maximum absolute atomic E-state index is 11.7. The molecule has 0 amide bonds. The molecule has 0 unspecified atom stereocenters. The summed E-state index contributed by atoms with van der Waals surface area (Å²) in [4.78, 5) is 39.8. The Kier molecular flexibility index (Phi) is 10.3. The van der Waals surface area contributed by atoms with Gasteiger partial charge in [0, 0.05) is 27.1 Å². The summed E-state index contributed by atoms with van der Waals surface area (Å²) < 4.78 is 31.5. The van der Waals surface area contributed by atoms with Crippen molar-refractivity contribution in [1.29, 1.82) is 0 Å². The van der Waals surface area contributed by atoms with E-state index in [0.717, 1.165) is 19.3 Å². The Morgan fingerprint density at radius 2 is 1.14 bits per heavy atom. The fourth-order valence-electron chi connectivity index (χ4n) is 1.82. The van der Waals surface area contributed by atoms with Crippen LogP contribution in [0, 0.1) is 0 Å². The quantitative estimate of drug-likeness (QED) is 0.380. The average molecular weight is 358 g/mol. The van der Waals surface area contributed by atoms with Gasteiger partial charge in [-0.05, 0) is 12.8 Å². The summed E-state index contributed by atoms with van der Waals surface area (Å²) in [5, 5.41) is 0. The van der Waals surface area contributed by atoms with Crippen LogP contribution < -0.4 is 0 Å². The molecule has 0 atom stereocenters. The van der Waals surface area contributed by atoms with Crippen LogP contribution in [0.3, 0.4) is 0 Å². The minimum absolute atomic E-state index is 0.117. The Bertz CT molecular complexity index is 448. The summed E-state index contributed by atoms with van der Waals surface area (Å²) in [5.41, 5.74) is -1.56. The second kappa shape index (κ2) is 10.4. The first-order chi connectivity index (χ1) is 10.2. The molecular formula is C12H24O8P2. The molecule has 0 radical (unpaired) electrons. The van der Waals surface area contributed by atoms with Gasteiger partial charge in [0.15, 0.2) is 0 Å². The molecule has 22 heavy (non-hydrogen) atoms. The van der Waals surface area contributed by atoms with Crippen LogP contribution in [0.4, 0.5) is 0 Å². The predicted octanol–water partition coefficient (Wildman–Crippen LogP) is 2.82. The van der Waals surface area contributed by atoms with E-state index < -0.39 is 26.2 Å². The fraction of sp³-hybridized carbons (Fsp3) is 0.833. The van der Waals surface area contributed by atoms with Crippen LogP contribution in [-0.2, 0) is 27.8 Å². The van der Waals surface area contributed by atoms with Gasteiger partial charge in [0.25, 0.3) is 0 Å². The third-order valence-electron chi connectivity index (χ3n) is 3.14. The molecule has 0 aliphatic rings. The molecule has 130 valence electrons. The van der Waals surface area contributed by atoms with E-state index in [4.69, 9.17) is 9.79 Å². The van der Waals surface area contributed by atoms with Gasteiger partial charge in [-0.1, -0.05) is 25.7 Å². The lowest BCUT2D eigenvalue weighted by Crippen LogP contribution is -2.03. The predicted molar refractivity (Wildman–Crippen MR) is 80.6 cm³/mol. The number of hydrogen-bond acceptors (Lipinski definition) is 6. The van der Waals surface area contributed by atoms with Gasteiger partial charge in [-0.3, -0.25) is 18.7 Å². The fourth-order valence-corrected chi connectivity index (χ4v) is 3.26. The van der Waals surface area contributed by atoms with Crippen molar-refractivity contribution in [3.8, 4) is 0 Å². The molecule has 0 aromatic carbocycles. The van der Waals surface area contributed by atoms with Gasteiger partial charge >= 0.3 is 15.2 Å². The van der Waals surface area contributed by atoms with Gasteiger partial charge in [-0.15, -0.1) is 0 Å². The third kappa shape index (κ3) is 8.32. The van der Waals surface area contributed by atoms with E-state index in [0.29, 0.717) is 19.3 Å². The molecule has 0 spiro atoms. The summed E-state index contributed by atoms with van der Waals surface area (Å²) in [5.74, 6) is 0. The van der Waals surface area contributed by atoms with Crippen molar-refractivity contribution in [2.45, 2.75) is 51.4 Å². The molecular weight excluding hydrogens is 334 g/mol. The van der Waals surface area contributed by atoms with E-state index >= 15 is 0 Å². The lowest BCUT2D eigenvalue weighted by molar-refractivity contribution is -0.114. The minimum Gasteiger partial charge on any atom is -0.319 e. The Labute approximate surface area is 130 Å². The zero-order valence-electron chi connectivity index (χ0n) is 12.9. The molecule has 0 bridgehead atoms. The molecule has 2 N–H and O–H groups in total. The van der Waals surface area contributed by atoms with Crippen LogP contribution >= 0.6 is 15.2 Å². The van der Waals surface area contributed by atoms with Crippen LogP contribution in [-0.4, -0.2) is 35.1 Å². The molecule has 10 heteroatoms. The highest BCUT2D eigenvalue weighted by atomic mass is 31.2. The number of carbonyl (C=O) groups excluding carboxylic acids is 2. The highest BCUT2D eigenvalue weighted by Crippen LogP contribution is 2.48. The topological polar surface area (TPSA) is 127 Å². The van der Waals surface area contributed by atoms with Crippen LogP contribution in [0.1, 0.15) is 51.4 Å². The largest absolute Gasteiger partial charge is 0.396 e. The summed E-state index contributed by atoms with van der Waals surface area (Å²) >= 11 is 0. The third-order valence-corrected chi connectivity index (χ3v) is 5.81. The average Bonchev–Trinajstić information content (AvgIpc) is 2.47. The summed E-state index contributed by atoms with van der Waals surface area (Å²) in [6, 6.07) is 0. The van der Waals surface area contributed by atoms with E-state index in [-0.39, 0.29) is 12.8 Å². The molecule has 0 rings (SSSR count). The maximum atomic E-state index is 11.7. The molecule has 0 aliphatic heterocycles. The number of rotatable bonds is 13. The minimum atomic E-state index is -4.58. The second-order valence-corrected chi connectivity index (χ2v) is 8.63. The van der Waals surface area contributed by atoms with Crippen LogP contribution in [0.5, 0.6) is 0 Å². The SMILES string of the molecule is COP(=O)(OC)C(=O)CCCCCCCCC(=O)P(=O)(O)O. The number of hydrogen-bond donors (Lipinski definition) is 2. The molecule has 8 nitrogen and oxygen atoms in total. The van der Waals surface area contributed by atoms with E-state index in [2.05, 4.69) is 9.05 Å². The van der Waals surface area contributed by atoms with Crippen LogP contribution in [0.15, 0.2) is 0 Å². The van der Waals surface area contributed by atoms with Crippen molar-refractivity contribution in [3.63, 3.8) is 0 Å². The van der Waals surface area contributed by atoms with Gasteiger partial charge in [0.05, 0.1) is 0 Å². The lowest BCUT2D eigenvalue weighted by Gasteiger charge is -2.11. The molecule has 0 aliphatic carbocycles. The van der Waals surface area contributed by atoms with Crippen LogP contribution in [0.25, 0.3) is 0 Å². The standard InChI is InChI=1S/C12H24O8P2/c1-19-22(18,20-2)12(14)10-8-6-4-3-5-7-9-11(13)21(15,16)17/h3-10H2,1-2H3,(H2,15,16,17). The first-order valence-electron chi connectivity index (χ1n) is 7.01. The van der Waals surface area contributed by atoms with Crippen molar-refractivity contribution in [1.82, 2.24) is 0 Å². The highest BCUT2D eigenvalue weighted by molar-refractivity contribution is 7.71. The summed E-state index contributed by atoms with van der Waals surface area (Å²) in [7, 11) is -5.86. The first-order valence-corrected chi connectivity index (χ1v) is 10.2. The molecule has 0 aromatic heterocycles. The van der Waals surface area contributed by atoms with Gasteiger partial charge in [0.1, 0.15) is 0 Å². The first kappa shape index (κ1) is 21.6. The molecule has 0 saturated heterocycles. The summed E-state index contributed by atoms with van der Waals surface area (Å²) in [6.45, 7) is 0. The van der Waals surface area contributed by atoms with Gasteiger partial charge in [-0.2, -0.15) is 0 Å². The Hall–Kier alpha value is -0.360. The van der Waals surface area contributed by atoms with Crippen molar-refractivity contribution in [2.24, 2.45) is 0 Å². The van der Waals surface area contributed by atoms with Crippen molar-refractivity contribution < 1.29 is 37.6 Å². The van der Waals surface area contributed by atoms with E-state index in [1.165, 1.54) is 14.2 Å². The molecule has 0 heterocycles. The normalized spacial score (nSPS) is 12.4. The van der Waals surface area contributed by atoms with Crippen LogP contribution in [0.2, 0.25) is 0 Å². The zero-order chi connectivity index (χ0) is 17.2. The van der Waals surface area contributed by atoms with Crippen molar-refractivity contribution in [3.05, 3.63) is 0 Å². The van der Waals surface area contributed by atoms with Gasteiger partial charge in [0.2, 0.25) is 11.0 Å². The second-order valence-electron chi connectivity index (χ2n) is 4.82. The Balaban J connectivity index is 3.68. The lowest BCUT2D eigenvalue weighted by atomic mass is 10.1. The zero-order valence-corrected chi connectivity index (χ0v) is 14.7. The van der Waals surface area contributed by atoms with Crippen molar-refractivity contribution in [2.75, 3.05) is 14.2 Å². The van der Waals surface area contributed by atoms with E-state index in [9.17, 15) is 18.7 Å². The maximum Gasteiger partial charge on any atom is 0.396 e. The summed E-state index contributed by atoms with van der Waals surface area (Å²) in [6.07, 6.45) is 4.07. The number of carbonyl (C=O) groups is 2. The molecule has 0 saturated carbocycles. The molecule has 0 aromatic rings. The van der Waals surface area contributed by atoms with E-state index in [1.54, 1.807) is 0 Å². The number of unbranched alkanes of at least 4 members (excludes halogenated alkanes) is 5. The van der Waals surface area contributed by atoms with Crippen molar-refractivity contribution >= 4 is 26.2 Å². The monoisotopic (exact) mass is 358 g/mol. The van der Waals surface area contributed by atoms with E-state index in [1.807, 2.05) is 0 Å². The molecule has 0 fully saturated rings. The smallest absolute Gasteiger partial charge is 0.319 e. The Morgan fingerprint density at radius 3 is 1.50 bits per heavy atom. The Morgan fingerprint density at radius 1 is 0.773 bits per heavy atom. The van der Waals surface area contributed by atoms with Gasteiger partial charge < -0.3 is 18.8 Å². The highest BCUT2D eigenvalue weighted by Gasteiger charge is 2.30.